The molecule has 0 aromatic carbocycles. The molecular weight excluding hydrogens is 887 g/mol. The van der Waals surface area contributed by atoms with Gasteiger partial charge in [0.15, 0.2) is 6.10 Å². The molecule has 9 nitrogen and oxygen atoms in total. The Labute approximate surface area is 441 Å². The molecular formula is C62H122NO8+. The number of aliphatic carboxylic acids is 1. The van der Waals surface area contributed by atoms with E-state index in [-0.39, 0.29) is 38.2 Å². The zero-order chi connectivity index (χ0) is 52.0. The quantitative estimate of drug-likeness (QED) is 0.0278. The normalized spacial score (nSPS) is 12.6. The lowest BCUT2D eigenvalue weighted by Gasteiger charge is -2.25. The van der Waals surface area contributed by atoms with Crippen LogP contribution in [0.5, 0.6) is 0 Å². The average Bonchev–Trinajstić information content (AvgIpc) is 3.34. The van der Waals surface area contributed by atoms with E-state index in [0.717, 1.165) is 38.5 Å². The molecule has 0 aliphatic rings. The van der Waals surface area contributed by atoms with Crippen LogP contribution in [0.3, 0.4) is 0 Å². The SMILES string of the molecule is CCCCCCCCCCCCCCCCCCCCCCCCCCCCC(=O)OC(COC(=O)CCCCCCCCCCCCCCCCCCCCCC)COC(OCC[N+](C)(C)C)C(=O)O. The Bertz CT molecular complexity index is 1130. The summed E-state index contributed by atoms with van der Waals surface area (Å²) in [4.78, 5) is 37.5. The van der Waals surface area contributed by atoms with Crippen molar-refractivity contribution in [2.45, 2.75) is 334 Å². The first-order valence-corrected chi connectivity index (χ1v) is 31.2. The molecule has 0 aromatic heterocycles. The molecule has 2 unspecified atom stereocenters. The molecule has 0 heterocycles. The molecule has 2 atom stereocenters. The molecule has 0 saturated carbocycles. The van der Waals surface area contributed by atoms with Crippen LogP contribution in [0.4, 0.5) is 0 Å². The van der Waals surface area contributed by atoms with Gasteiger partial charge in [0.2, 0.25) is 0 Å². The van der Waals surface area contributed by atoms with Gasteiger partial charge < -0.3 is 28.5 Å². The van der Waals surface area contributed by atoms with Crippen LogP contribution < -0.4 is 0 Å². The van der Waals surface area contributed by atoms with Gasteiger partial charge in [0.05, 0.1) is 34.4 Å². The Morgan fingerprint density at radius 3 is 0.901 bits per heavy atom. The summed E-state index contributed by atoms with van der Waals surface area (Å²) < 4.78 is 22.9. The topological polar surface area (TPSA) is 108 Å². The monoisotopic (exact) mass is 1010 g/mol. The van der Waals surface area contributed by atoms with Crippen molar-refractivity contribution in [3.05, 3.63) is 0 Å². The van der Waals surface area contributed by atoms with E-state index in [1.165, 1.54) is 257 Å². The number of nitrogens with zero attached hydrogens (tertiary/aromatic N) is 1. The molecule has 9 heteroatoms. The molecule has 0 fully saturated rings. The Balaban J connectivity index is 4.13. The number of likely N-dealkylation sites (N-methyl/N-ethyl adjacent to an activating group) is 1. The van der Waals surface area contributed by atoms with Gasteiger partial charge in [-0.15, -0.1) is 0 Å². The van der Waals surface area contributed by atoms with Crippen LogP contribution in [-0.4, -0.2) is 87.4 Å². The molecule has 0 aliphatic heterocycles. The van der Waals surface area contributed by atoms with E-state index < -0.39 is 18.4 Å². The van der Waals surface area contributed by atoms with Crippen LogP contribution in [-0.2, 0) is 33.3 Å². The van der Waals surface area contributed by atoms with Crippen LogP contribution >= 0.6 is 0 Å². The van der Waals surface area contributed by atoms with Crippen molar-refractivity contribution < 1.29 is 42.9 Å². The second-order valence-electron chi connectivity index (χ2n) is 22.7. The van der Waals surface area contributed by atoms with Crippen LogP contribution in [0.1, 0.15) is 322 Å². The number of unbranched alkanes of at least 4 members (excludes halogenated alkanes) is 44. The van der Waals surface area contributed by atoms with Crippen molar-refractivity contribution >= 4 is 17.9 Å². The number of hydrogen-bond donors (Lipinski definition) is 1. The maximum Gasteiger partial charge on any atom is 0.361 e. The number of carbonyl (C=O) groups excluding carboxylic acids is 2. The fourth-order valence-electron chi connectivity index (χ4n) is 9.55. The number of carboxylic acid groups (broad SMARTS) is 1. The summed E-state index contributed by atoms with van der Waals surface area (Å²) in [6.45, 7) is 4.96. The minimum atomic E-state index is -1.50. The Morgan fingerprint density at radius 1 is 0.366 bits per heavy atom. The number of esters is 2. The highest BCUT2D eigenvalue weighted by Gasteiger charge is 2.25. The fraction of sp³-hybridized carbons (Fsp3) is 0.952. The highest BCUT2D eigenvalue weighted by atomic mass is 16.7. The summed E-state index contributed by atoms with van der Waals surface area (Å²) in [6.07, 6.45) is 59.1. The first kappa shape index (κ1) is 69.3. The highest BCUT2D eigenvalue weighted by molar-refractivity contribution is 5.71. The van der Waals surface area contributed by atoms with Gasteiger partial charge in [-0.25, -0.2) is 4.79 Å². The van der Waals surface area contributed by atoms with Crippen LogP contribution in [0.15, 0.2) is 0 Å². The van der Waals surface area contributed by atoms with Crippen LogP contribution in [0.25, 0.3) is 0 Å². The first-order chi connectivity index (χ1) is 34.6. The van der Waals surface area contributed by atoms with E-state index in [0.29, 0.717) is 17.4 Å². The van der Waals surface area contributed by atoms with Gasteiger partial charge in [-0.2, -0.15) is 0 Å². The lowest BCUT2D eigenvalue weighted by molar-refractivity contribution is -0.870. The largest absolute Gasteiger partial charge is 0.477 e. The molecule has 0 aliphatic carbocycles. The maximum atomic E-state index is 12.9. The van der Waals surface area contributed by atoms with Gasteiger partial charge in [-0.3, -0.25) is 9.59 Å². The summed E-state index contributed by atoms with van der Waals surface area (Å²) in [5.74, 6) is -1.97. The number of rotatable bonds is 59. The van der Waals surface area contributed by atoms with Gasteiger partial charge in [0.1, 0.15) is 13.2 Å². The van der Waals surface area contributed by atoms with Gasteiger partial charge in [0.25, 0.3) is 6.29 Å². The maximum absolute atomic E-state index is 12.9. The Hall–Kier alpha value is -1.71. The molecule has 0 saturated heterocycles. The minimum Gasteiger partial charge on any atom is -0.477 e. The van der Waals surface area contributed by atoms with E-state index in [2.05, 4.69) is 13.8 Å². The van der Waals surface area contributed by atoms with Crippen LogP contribution in [0.2, 0.25) is 0 Å². The zero-order valence-corrected chi connectivity index (χ0v) is 48.2. The smallest absolute Gasteiger partial charge is 0.361 e. The van der Waals surface area contributed by atoms with Gasteiger partial charge in [-0.1, -0.05) is 296 Å². The van der Waals surface area contributed by atoms with E-state index in [1.807, 2.05) is 21.1 Å². The van der Waals surface area contributed by atoms with E-state index in [4.69, 9.17) is 18.9 Å². The predicted octanol–water partition coefficient (Wildman–Crippen LogP) is 18.4. The van der Waals surface area contributed by atoms with Gasteiger partial charge in [-0.05, 0) is 12.8 Å². The van der Waals surface area contributed by atoms with Gasteiger partial charge in [0, 0.05) is 12.8 Å². The van der Waals surface area contributed by atoms with Crippen molar-refractivity contribution in [3.63, 3.8) is 0 Å². The van der Waals surface area contributed by atoms with Crippen molar-refractivity contribution in [1.29, 1.82) is 0 Å². The van der Waals surface area contributed by atoms with Crippen molar-refractivity contribution in [1.82, 2.24) is 0 Å². The summed E-state index contributed by atoms with van der Waals surface area (Å²) in [5.41, 5.74) is 0. The lowest BCUT2D eigenvalue weighted by Crippen LogP contribution is -2.40. The summed E-state index contributed by atoms with van der Waals surface area (Å²) in [7, 11) is 5.99. The summed E-state index contributed by atoms with van der Waals surface area (Å²) >= 11 is 0. The number of quaternary nitrogens is 1. The molecule has 0 radical (unpaired) electrons. The molecule has 0 rings (SSSR count). The highest BCUT2D eigenvalue weighted by Crippen LogP contribution is 2.19. The minimum absolute atomic E-state index is 0.172. The third kappa shape index (κ3) is 55.9. The molecule has 0 spiro atoms. The lowest BCUT2D eigenvalue weighted by atomic mass is 10.0. The second-order valence-corrected chi connectivity index (χ2v) is 22.7. The van der Waals surface area contributed by atoms with Crippen molar-refractivity contribution in [2.24, 2.45) is 0 Å². The predicted molar refractivity (Wildman–Crippen MR) is 300 cm³/mol. The third-order valence-corrected chi connectivity index (χ3v) is 14.4. The Morgan fingerprint density at radius 2 is 0.634 bits per heavy atom. The molecule has 0 aromatic rings. The molecule has 71 heavy (non-hydrogen) atoms. The molecule has 422 valence electrons. The third-order valence-electron chi connectivity index (χ3n) is 14.4. The number of hydrogen-bond acceptors (Lipinski definition) is 7. The fourth-order valence-corrected chi connectivity index (χ4v) is 9.55. The molecule has 1 N–H and O–H groups in total. The van der Waals surface area contributed by atoms with E-state index >= 15 is 0 Å². The number of carbonyl (C=O) groups is 3. The first-order valence-electron chi connectivity index (χ1n) is 31.2. The molecule has 0 amide bonds. The van der Waals surface area contributed by atoms with Crippen molar-refractivity contribution in [3.8, 4) is 0 Å². The van der Waals surface area contributed by atoms with E-state index in [1.54, 1.807) is 0 Å². The second kappa shape index (κ2) is 54.5. The Kier molecular flexibility index (Phi) is 53.2. The van der Waals surface area contributed by atoms with Crippen LogP contribution in [0, 0.1) is 0 Å². The number of ether oxygens (including phenoxy) is 4. The van der Waals surface area contributed by atoms with E-state index in [9.17, 15) is 19.5 Å². The van der Waals surface area contributed by atoms with Gasteiger partial charge >= 0.3 is 17.9 Å². The summed E-state index contributed by atoms with van der Waals surface area (Å²) in [6, 6.07) is 0. The summed E-state index contributed by atoms with van der Waals surface area (Å²) in [5, 5.41) is 9.71. The van der Waals surface area contributed by atoms with Crippen molar-refractivity contribution in [2.75, 3.05) is 47.5 Å². The zero-order valence-electron chi connectivity index (χ0n) is 48.2. The number of carboxylic acids is 1. The standard InChI is InChI=1S/C62H121NO8/c1-6-8-10-12-14-16-18-20-22-24-26-28-29-30-31-32-33-35-37-39-41-43-45-47-49-51-53-60(65)71-58(57-70-62(61(66)67)68-55-54-63(3,4)5)56-69-59(64)52-50-48-46-44-42-40-38-36-34-27-25-23-21-19-17-15-13-11-9-7-2/h58,62H,6-57H2,1-5H3/p+1. The molecule has 0 bridgehead atoms. The average molecular weight is 1010 g/mol.